The summed E-state index contributed by atoms with van der Waals surface area (Å²) in [5.41, 5.74) is 4.47. The Kier molecular flexibility index (Phi) is 3.34. The van der Waals surface area contributed by atoms with Gasteiger partial charge in [0.2, 0.25) is 5.91 Å². The molecule has 15 heavy (non-hydrogen) atoms. The molecule has 2 nitrogen and oxygen atoms in total. The maximum absolute atomic E-state index is 12.9. The van der Waals surface area contributed by atoms with Gasteiger partial charge in [0.25, 0.3) is 0 Å². The topological polar surface area (TPSA) is 43.1 Å². The predicted octanol–water partition coefficient (Wildman–Crippen LogP) is 1.33. The number of primary amides is 1. The zero-order valence-electron chi connectivity index (χ0n) is 7.48. The van der Waals surface area contributed by atoms with Crippen LogP contribution in [0.15, 0.2) is 12.1 Å². The molecule has 1 amide bonds. The van der Waals surface area contributed by atoms with Crippen molar-refractivity contribution in [3.05, 3.63) is 35.1 Å². The standard InChI is InChI=1S/C10H6F3NO/c11-7-5-9(13)8(12)4-6(7)2-1-3-10(14)15/h4-5H,3H2,(H2,14,15). The third-order valence-electron chi connectivity index (χ3n) is 1.50. The fraction of sp³-hybridized carbons (Fsp3) is 0.100. The molecule has 0 spiro atoms. The summed E-state index contributed by atoms with van der Waals surface area (Å²) in [6.45, 7) is 0. The molecule has 0 aliphatic heterocycles. The van der Waals surface area contributed by atoms with E-state index in [4.69, 9.17) is 5.73 Å². The van der Waals surface area contributed by atoms with Gasteiger partial charge in [0, 0.05) is 6.07 Å². The average molecular weight is 213 g/mol. The average Bonchev–Trinajstić information content (AvgIpc) is 2.13. The normalized spacial score (nSPS) is 9.27. The van der Waals surface area contributed by atoms with E-state index < -0.39 is 23.4 Å². The van der Waals surface area contributed by atoms with Gasteiger partial charge < -0.3 is 5.73 Å². The Hall–Kier alpha value is -1.96. The number of carbonyl (C=O) groups excluding carboxylic acids is 1. The number of nitrogens with two attached hydrogens (primary N) is 1. The molecule has 78 valence electrons. The zero-order valence-corrected chi connectivity index (χ0v) is 7.48. The van der Waals surface area contributed by atoms with Crippen molar-refractivity contribution in [3.63, 3.8) is 0 Å². The van der Waals surface area contributed by atoms with Crippen LogP contribution in [0.4, 0.5) is 13.2 Å². The smallest absolute Gasteiger partial charge is 0.229 e. The summed E-state index contributed by atoms with van der Waals surface area (Å²) in [7, 11) is 0. The third kappa shape index (κ3) is 3.02. The highest BCUT2D eigenvalue weighted by Crippen LogP contribution is 2.12. The number of benzene rings is 1. The Balaban J connectivity index is 2.98. The van der Waals surface area contributed by atoms with Crippen LogP contribution in [0.5, 0.6) is 0 Å². The van der Waals surface area contributed by atoms with Gasteiger partial charge in [0.15, 0.2) is 11.6 Å². The molecule has 0 radical (unpaired) electrons. The quantitative estimate of drug-likeness (QED) is 0.555. The predicted molar refractivity (Wildman–Crippen MR) is 47.0 cm³/mol. The number of rotatable bonds is 1. The number of hydrogen-bond donors (Lipinski definition) is 1. The van der Waals surface area contributed by atoms with Gasteiger partial charge in [-0.15, -0.1) is 0 Å². The molecular weight excluding hydrogens is 207 g/mol. The van der Waals surface area contributed by atoms with Gasteiger partial charge in [-0.3, -0.25) is 4.79 Å². The van der Waals surface area contributed by atoms with Crippen LogP contribution >= 0.6 is 0 Å². The van der Waals surface area contributed by atoms with Gasteiger partial charge in [-0.2, -0.15) is 0 Å². The molecule has 0 aliphatic carbocycles. The second kappa shape index (κ2) is 4.51. The van der Waals surface area contributed by atoms with Crippen molar-refractivity contribution >= 4 is 5.91 Å². The molecule has 0 heterocycles. The van der Waals surface area contributed by atoms with Gasteiger partial charge in [-0.25, -0.2) is 13.2 Å². The number of carbonyl (C=O) groups is 1. The van der Waals surface area contributed by atoms with E-state index in [1.54, 1.807) is 0 Å². The van der Waals surface area contributed by atoms with Gasteiger partial charge in [0.05, 0.1) is 12.0 Å². The van der Waals surface area contributed by atoms with Gasteiger partial charge in [-0.05, 0) is 6.07 Å². The van der Waals surface area contributed by atoms with E-state index >= 15 is 0 Å². The third-order valence-corrected chi connectivity index (χ3v) is 1.50. The molecule has 0 bridgehead atoms. The van der Waals surface area contributed by atoms with Crippen molar-refractivity contribution in [1.29, 1.82) is 0 Å². The fourth-order valence-electron chi connectivity index (χ4n) is 0.845. The monoisotopic (exact) mass is 213 g/mol. The summed E-state index contributed by atoms with van der Waals surface area (Å²) < 4.78 is 38.0. The summed E-state index contributed by atoms with van der Waals surface area (Å²) >= 11 is 0. The molecule has 0 unspecified atom stereocenters. The zero-order chi connectivity index (χ0) is 11.4. The minimum atomic E-state index is -1.28. The van der Waals surface area contributed by atoms with Crippen molar-refractivity contribution in [2.75, 3.05) is 0 Å². The minimum Gasteiger partial charge on any atom is -0.369 e. The molecule has 0 saturated heterocycles. The molecule has 0 saturated carbocycles. The molecule has 0 aromatic heterocycles. The first-order valence-electron chi connectivity index (χ1n) is 3.92. The van der Waals surface area contributed by atoms with E-state index in [1.165, 1.54) is 0 Å². The SMILES string of the molecule is NC(=O)CC#Cc1cc(F)c(F)cc1F. The number of amides is 1. The van der Waals surface area contributed by atoms with E-state index in [2.05, 4.69) is 11.8 Å². The molecule has 0 fully saturated rings. The van der Waals surface area contributed by atoms with Crippen LogP contribution in [0, 0.1) is 29.3 Å². The van der Waals surface area contributed by atoms with Crippen LogP contribution in [0.25, 0.3) is 0 Å². The number of halogens is 3. The summed E-state index contributed by atoms with van der Waals surface area (Å²) in [5.74, 6) is 0.280. The Morgan fingerprint density at radius 1 is 1.20 bits per heavy atom. The van der Waals surface area contributed by atoms with Crippen molar-refractivity contribution < 1.29 is 18.0 Å². The second-order valence-corrected chi connectivity index (χ2v) is 2.69. The first-order valence-corrected chi connectivity index (χ1v) is 3.92. The van der Waals surface area contributed by atoms with E-state index in [-0.39, 0.29) is 12.0 Å². The molecule has 1 rings (SSSR count). The van der Waals surface area contributed by atoms with E-state index in [0.717, 1.165) is 0 Å². The molecule has 2 N–H and O–H groups in total. The minimum absolute atomic E-state index is 0.265. The molecular formula is C10H6F3NO. The highest BCUT2D eigenvalue weighted by Gasteiger charge is 2.07. The van der Waals surface area contributed by atoms with Crippen molar-refractivity contribution in [2.24, 2.45) is 5.73 Å². The van der Waals surface area contributed by atoms with Crippen LogP contribution in [0.3, 0.4) is 0 Å². The van der Waals surface area contributed by atoms with Gasteiger partial charge in [-0.1, -0.05) is 11.8 Å². The van der Waals surface area contributed by atoms with Crippen LogP contribution in [0.1, 0.15) is 12.0 Å². The van der Waals surface area contributed by atoms with Crippen LogP contribution in [-0.4, -0.2) is 5.91 Å². The van der Waals surface area contributed by atoms with E-state index in [0.29, 0.717) is 12.1 Å². The summed E-state index contributed by atoms with van der Waals surface area (Å²) in [4.78, 5) is 10.3. The second-order valence-electron chi connectivity index (χ2n) is 2.69. The largest absolute Gasteiger partial charge is 0.369 e. The van der Waals surface area contributed by atoms with Crippen molar-refractivity contribution in [3.8, 4) is 11.8 Å². The fourth-order valence-corrected chi connectivity index (χ4v) is 0.845. The molecule has 0 atom stereocenters. The highest BCUT2D eigenvalue weighted by molar-refractivity contribution is 5.76. The lowest BCUT2D eigenvalue weighted by Gasteiger charge is -1.95. The Morgan fingerprint density at radius 2 is 1.80 bits per heavy atom. The van der Waals surface area contributed by atoms with Crippen molar-refractivity contribution in [1.82, 2.24) is 0 Å². The maximum Gasteiger partial charge on any atom is 0.229 e. The Bertz CT molecular complexity index is 460. The van der Waals surface area contributed by atoms with Crippen molar-refractivity contribution in [2.45, 2.75) is 6.42 Å². The summed E-state index contributed by atoms with van der Waals surface area (Å²) in [5, 5.41) is 0. The summed E-state index contributed by atoms with van der Waals surface area (Å²) in [6.07, 6.45) is -0.265. The Labute approximate surface area is 83.9 Å². The lowest BCUT2D eigenvalue weighted by atomic mass is 10.2. The molecule has 1 aromatic carbocycles. The molecule has 0 aliphatic rings. The maximum atomic E-state index is 12.9. The lowest BCUT2D eigenvalue weighted by Crippen LogP contribution is -2.08. The molecule has 5 heteroatoms. The van der Waals surface area contributed by atoms with Crippen LogP contribution in [0.2, 0.25) is 0 Å². The van der Waals surface area contributed by atoms with Crippen LogP contribution in [-0.2, 0) is 4.79 Å². The first-order chi connectivity index (χ1) is 7.00. The van der Waals surface area contributed by atoms with E-state index in [1.807, 2.05) is 0 Å². The number of hydrogen-bond acceptors (Lipinski definition) is 1. The highest BCUT2D eigenvalue weighted by atomic mass is 19.2. The van der Waals surface area contributed by atoms with E-state index in [9.17, 15) is 18.0 Å². The molecule has 1 aromatic rings. The van der Waals surface area contributed by atoms with Crippen LogP contribution < -0.4 is 5.73 Å². The Morgan fingerprint density at radius 3 is 2.40 bits per heavy atom. The first kappa shape index (κ1) is 11.1. The lowest BCUT2D eigenvalue weighted by molar-refractivity contribution is -0.117. The summed E-state index contributed by atoms with van der Waals surface area (Å²) in [6, 6.07) is 1.02. The van der Waals surface area contributed by atoms with Gasteiger partial charge in [0.1, 0.15) is 5.82 Å². The van der Waals surface area contributed by atoms with Gasteiger partial charge >= 0.3 is 0 Å².